The SMILES string of the molecule is CC(C)(C)C1C(CN)CC2CCC1N2. The molecule has 4 unspecified atom stereocenters. The Hall–Kier alpha value is -0.0800. The van der Waals surface area contributed by atoms with Crippen molar-refractivity contribution < 1.29 is 0 Å². The summed E-state index contributed by atoms with van der Waals surface area (Å²) >= 11 is 0. The van der Waals surface area contributed by atoms with Crippen LogP contribution in [0.2, 0.25) is 0 Å². The fourth-order valence-corrected chi connectivity index (χ4v) is 3.71. The number of piperidine rings is 1. The van der Waals surface area contributed by atoms with Crippen LogP contribution in [0.25, 0.3) is 0 Å². The molecule has 2 heterocycles. The van der Waals surface area contributed by atoms with Gasteiger partial charge in [0, 0.05) is 12.1 Å². The fraction of sp³-hybridized carbons (Fsp3) is 1.00. The molecule has 3 N–H and O–H groups in total. The maximum atomic E-state index is 5.91. The molecule has 2 saturated heterocycles. The van der Waals surface area contributed by atoms with E-state index < -0.39 is 0 Å². The number of fused-ring (bicyclic) bond motifs is 2. The van der Waals surface area contributed by atoms with Gasteiger partial charge in [0.05, 0.1) is 0 Å². The molecule has 0 saturated carbocycles. The monoisotopic (exact) mass is 196 g/mol. The van der Waals surface area contributed by atoms with Crippen LogP contribution in [0.5, 0.6) is 0 Å². The van der Waals surface area contributed by atoms with Crippen LogP contribution in [0.15, 0.2) is 0 Å². The highest BCUT2D eigenvalue weighted by Crippen LogP contribution is 2.44. The summed E-state index contributed by atoms with van der Waals surface area (Å²) in [5.41, 5.74) is 6.31. The average molecular weight is 196 g/mol. The van der Waals surface area contributed by atoms with Gasteiger partial charge < -0.3 is 11.1 Å². The van der Waals surface area contributed by atoms with Gasteiger partial charge in [-0.3, -0.25) is 0 Å². The standard InChI is InChI=1S/C12H24N2/c1-12(2,3)11-8(7-13)6-9-4-5-10(11)14-9/h8-11,14H,4-7,13H2,1-3H3. The Balaban J connectivity index is 2.18. The molecule has 0 spiro atoms. The Morgan fingerprint density at radius 1 is 1.29 bits per heavy atom. The van der Waals surface area contributed by atoms with E-state index in [2.05, 4.69) is 26.1 Å². The number of nitrogens with two attached hydrogens (primary N) is 1. The molecule has 4 atom stereocenters. The zero-order valence-corrected chi connectivity index (χ0v) is 9.72. The van der Waals surface area contributed by atoms with Gasteiger partial charge in [0.2, 0.25) is 0 Å². The molecule has 2 fully saturated rings. The highest BCUT2D eigenvalue weighted by atomic mass is 15.0. The van der Waals surface area contributed by atoms with E-state index in [1.807, 2.05) is 0 Å². The molecule has 2 aliphatic heterocycles. The van der Waals surface area contributed by atoms with Crippen molar-refractivity contribution in [3.8, 4) is 0 Å². The first kappa shape index (κ1) is 10.4. The second-order valence-electron chi connectivity index (χ2n) is 6.17. The topological polar surface area (TPSA) is 38.0 Å². The summed E-state index contributed by atoms with van der Waals surface area (Å²) < 4.78 is 0. The number of hydrogen-bond acceptors (Lipinski definition) is 2. The first-order valence-corrected chi connectivity index (χ1v) is 5.98. The maximum Gasteiger partial charge on any atom is 0.0107 e. The molecule has 2 nitrogen and oxygen atoms in total. The van der Waals surface area contributed by atoms with Crippen LogP contribution in [-0.4, -0.2) is 18.6 Å². The second-order valence-corrected chi connectivity index (χ2v) is 6.17. The third-order valence-electron chi connectivity index (χ3n) is 4.11. The second kappa shape index (κ2) is 3.49. The molecule has 0 radical (unpaired) electrons. The van der Waals surface area contributed by atoms with Crippen molar-refractivity contribution >= 4 is 0 Å². The molecule has 0 aromatic carbocycles. The number of nitrogens with one attached hydrogen (secondary N) is 1. The van der Waals surface area contributed by atoms with Crippen molar-refractivity contribution in [1.82, 2.24) is 5.32 Å². The lowest BCUT2D eigenvalue weighted by atomic mass is 9.67. The molecule has 2 bridgehead atoms. The Labute approximate surface area is 87.6 Å². The third kappa shape index (κ3) is 1.70. The molecule has 82 valence electrons. The Morgan fingerprint density at radius 3 is 2.57 bits per heavy atom. The molecular formula is C12H24N2. The Morgan fingerprint density at radius 2 is 2.00 bits per heavy atom. The van der Waals surface area contributed by atoms with Gasteiger partial charge in [-0.05, 0) is 43.1 Å². The van der Waals surface area contributed by atoms with Gasteiger partial charge in [0.25, 0.3) is 0 Å². The van der Waals surface area contributed by atoms with Crippen molar-refractivity contribution in [2.24, 2.45) is 23.0 Å². The Bertz CT molecular complexity index is 207. The van der Waals surface area contributed by atoms with Crippen molar-refractivity contribution in [1.29, 1.82) is 0 Å². The zero-order chi connectivity index (χ0) is 10.3. The lowest BCUT2D eigenvalue weighted by Crippen LogP contribution is -2.52. The van der Waals surface area contributed by atoms with Crippen LogP contribution >= 0.6 is 0 Å². The minimum absolute atomic E-state index is 0.400. The van der Waals surface area contributed by atoms with Gasteiger partial charge in [-0.25, -0.2) is 0 Å². The van der Waals surface area contributed by atoms with Crippen molar-refractivity contribution in [2.45, 2.75) is 52.1 Å². The van der Waals surface area contributed by atoms with E-state index in [-0.39, 0.29) is 0 Å². The number of rotatable bonds is 1. The highest BCUT2D eigenvalue weighted by molar-refractivity contribution is 5.01. The summed E-state index contributed by atoms with van der Waals surface area (Å²) in [5.74, 6) is 1.51. The van der Waals surface area contributed by atoms with Crippen LogP contribution in [0.4, 0.5) is 0 Å². The van der Waals surface area contributed by atoms with Crippen LogP contribution in [0.1, 0.15) is 40.0 Å². The van der Waals surface area contributed by atoms with Gasteiger partial charge in [-0.2, -0.15) is 0 Å². The lowest BCUT2D eigenvalue weighted by Gasteiger charge is -2.44. The van der Waals surface area contributed by atoms with Crippen molar-refractivity contribution in [3.63, 3.8) is 0 Å². The normalized spacial score (nSPS) is 42.9. The smallest absolute Gasteiger partial charge is 0.0107 e. The van der Waals surface area contributed by atoms with E-state index in [1.165, 1.54) is 19.3 Å². The predicted molar refractivity (Wildman–Crippen MR) is 60.1 cm³/mol. The van der Waals surface area contributed by atoms with Crippen LogP contribution in [-0.2, 0) is 0 Å². The summed E-state index contributed by atoms with van der Waals surface area (Å²) in [6.07, 6.45) is 4.03. The minimum Gasteiger partial charge on any atom is -0.330 e. The van der Waals surface area contributed by atoms with E-state index in [9.17, 15) is 0 Å². The van der Waals surface area contributed by atoms with Crippen LogP contribution < -0.4 is 11.1 Å². The van der Waals surface area contributed by atoms with Crippen LogP contribution in [0.3, 0.4) is 0 Å². The first-order chi connectivity index (χ1) is 6.52. The largest absolute Gasteiger partial charge is 0.330 e. The maximum absolute atomic E-state index is 5.91. The number of hydrogen-bond donors (Lipinski definition) is 2. The molecule has 0 aliphatic carbocycles. The fourth-order valence-electron chi connectivity index (χ4n) is 3.71. The quantitative estimate of drug-likeness (QED) is 0.670. The first-order valence-electron chi connectivity index (χ1n) is 5.98. The third-order valence-corrected chi connectivity index (χ3v) is 4.11. The summed E-state index contributed by atoms with van der Waals surface area (Å²) in [7, 11) is 0. The van der Waals surface area contributed by atoms with Crippen molar-refractivity contribution in [2.75, 3.05) is 6.54 Å². The molecule has 14 heavy (non-hydrogen) atoms. The molecule has 0 aromatic rings. The molecular weight excluding hydrogens is 172 g/mol. The summed E-state index contributed by atoms with van der Waals surface area (Å²) in [6.45, 7) is 7.96. The van der Waals surface area contributed by atoms with Gasteiger partial charge in [-0.1, -0.05) is 20.8 Å². The predicted octanol–water partition coefficient (Wildman–Crippen LogP) is 1.75. The molecule has 0 amide bonds. The summed E-state index contributed by atoms with van der Waals surface area (Å²) in [4.78, 5) is 0. The van der Waals surface area contributed by atoms with E-state index in [4.69, 9.17) is 5.73 Å². The van der Waals surface area contributed by atoms with Gasteiger partial charge in [0.15, 0.2) is 0 Å². The van der Waals surface area contributed by atoms with Gasteiger partial charge in [-0.15, -0.1) is 0 Å². The zero-order valence-electron chi connectivity index (χ0n) is 9.72. The Kier molecular flexibility index (Phi) is 2.61. The van der Waals surface area contributed by atoms with Gasteiger partial charge in [0.1, 0.15) is 0 Å². The van der Waals surface area contributed by atoms with E-state index >= 15 is 0 Å². The minimum atomic E-state index is 0.400. The van der Waals surface area contributed by atoms with E-state index in [0.717, 1.165) is 30.5 Å². The average Bonchev–Trinajstić information content (AvgIpc) is 2.44. The summed E-state index contributed by atoms with van der Waals surface area (Å²) in [5, 5.41) is 3.76. The lowest BCUT2D eigenvalue weighted by molar-refractivity contribution is 0.0846. The van der Waals surface area contributed by atoms with Gasteiger partial charge >= 0.3 is 0 Å². The molecule has 2 heteroatoms. The van der Waals surface area contributed by atoms with Crippen LogP contribution in [0, 0.1) is 17.3 Å². The molecule has 0 aromatic heterocycles. The van der Waals surface area contributed by atoms with E-state index in [0.29, 0.717) is 5.41 Å². The molecule has 2 aliphatic rings. The summed E-state index contributed by atoms with van der Waals surface area (Å²) in [6, 6.07) is 1.51. The van der Waals surface area contributed by atoms with Crippen molar-refractivity contribution in [3.05, 3.63) is 0 Å². The highest BCUT2D eigenvalue weighted by Gasteiger charge is 2.45. The van der Waals surface area contributed by atoms with E-state index in [1.54, 1.807) is 0 Å². The molecule has 2 rings (SSSR count).